The molecule has 0 aliphatic heterocycles. The second-order valence-corrected chi connectivity index (χ2v) is 7.68. The third-order valence-electron chi connectivity index (χ3n) is 4.90. The van der Waals surface area contributed by atoms with Gasteiger partial charge in [-0.3, -0.25) is 26.3 Å². The number of hydrogen-bond acceptors (Lipinski definition) is 5. The van der Waals surface area contributed by atoms with Crippen molar-refractivity contribution in [2.75, 3.05) is 14.1 Å². The quantitative estimate of drug-likeness (QED) is 0.260. The Kier molecular flexibility index (Phi) is 8.87. The summed E-state index contributed by atoms with van der Waals surface area (Å²) < 4.78 is 0. The summed E-state index contributed by atoms with van der Waals surface area (Å²) in [6.45, 7) is 10.1. The number of allylic oxidation sites excluding steroid dienone is 8. The maximum Gasteiger partial charge on any atom is 0.123 e. The Morgan fingerprint density at radius 2 is 1.57 bits per heavy atom. The summed E-state index contributed by atoms with van der Waals surface area (Å²) in [6, 6.07) is 0. The zero-order valence-electron chi connectivity index (χ0n) is 18.3. The summed E-state index contributed by atoms with van der Waals surface area (Å²) in [4.78, 5) is 0.703. The van der Waals surface area contributed by atoms with Gasteiger partial charge in [-0.25, -0.2) is 0 Å². The number of thiocarbonyl (C=S) groups is 1. The molecule has 6 heteroatoms. The number of hydrogen-bond donors (Lipinski definition) is 3. The van der Waals surface area contributed by atoms with Gasteiger partial charge in [0.1, 0.15) is 10.7 Å². The Hall–Kier alpha value is -2.86. The number of hydrazine groups is 2. The molecule has 0 bridgehead atoms. The highest BCUT2D eigenvalue weighted by Crippen LogP contribution is 2.22. The molecule has 3 N–H and O–H groups in total. The van der Waals surface area contributed by atoms with E-state index in [1.165, 1.54) is 5.57 Å². The second-order valence-electron chi connectivity index (χ2n) is 7.29. The van der Waals surface area contributed by atoms with Gasteiger partial charge < -0.3 is 0 Å². The molecule has 2 aliphatic rings. The van der Waals surface area contributed by atoms with Gasteiger partial charge in [-0.05, 0) is 43.3 Å². The molecular formula is C24H33N5S. The molecule has 0 fully saturated rings. The Labute approximate surface area is 186 Å². The van der Waals surface area contributed by atoms with Crippen molar-refractivity contribution >= 4 is 22.9 Å². The summed E-state index contributed by atoms with van der Waals surface area (Å²) in [5, 5.41) is 12.1. The zero-order chi connectivity index (χ0) is 22.1. The maximum absolute atomic E-state index is 8.47. The molecule has 0 spiro atoms. The van der Waals surface area contributed by atoms with Gasteiger partial charge in [-0.15, -0.1) is 0 Å². The van der Waals surface area contributed by atoms with Crippen LogP contribution in [0.15, 0.2) is 83.9 Å². The molecule has 2 aliphatic carbocycles. The van der Waals surface area contributed by atoms with Gasteiger partial charge >= 0.3 is 0 Å². The lowest BCUT2D eigenvalue weighted by molar-refractivity contribution is 0.347. The summed E-state index contributed by atoms with van der Waals surface area (Å²) in [7, 11) is 3.78. The summed E-state index contributed by atoms with van der Waals surface area (Å²) >= 11 is 5.56. The molecule has 0 heterocycles. The third kappa shape index (κ3) is 6.32. The molecule has 0 amide bonds. The SMILES string of the molecule is C=C(NN(C)C(=S)C1=CC=CCC1)C(=N)C(=C)NN(C)/C(=C\CC)C1=CC=CCC1. The first-order valence-electron chi connectivity index (χ1n) is 10.3. The van der Waals surface area contributed by atoms with E-state index in [-0.39, 0.29) is 5.71 Å². The minimum atomic E-state index is 0.197. The van der Waals surface area contributed by atoms with Crippen LogP contribution in [0.2, 0.25) is 0 Å². The van der Waals surface area contributed by atoms with Crippen LogP contribution in [0.4, 0.5) is 0 Å². The van der Waals surface area contributed by atoms with Gasteiger partial charge in [0.2, 0.25) is 0 Å². The lowest BCUT2D eigenvalue weighted by Gasteiger charge is -2.30. The highest BCUT2D eigenvalue weighted by Gasteiger charge is 2.17. The van der Waals surface area contributed by atoms with Crippen LogP contribution >= 0.6 is 12.2 Å². The van der Waals surface area contributed by atoms with Crippen molar-refractivity contribution in [1.82, 2.24) is 20.9 Å². The number of rotatable bonds is 10. The maximum atomic E-state index is 8.47. The van der Waals surface area contributed by atoms with Gasteiger partial charge in [0.15, 0.2) is 0 Å². The van der Waals surface area contributed by atoms with Crippen molar-refractivity contribution in [3.63, 3.8) is 0 Å². The molecule has 5 nitrogen and oxygen atoms in total. The average Bonchev–Trinajstić information content (AvgIpc) is 2.77. The molecule has 0 radical (unpaired) electrons. The van der Waals surface area contributed by atoms with E-state index in [1.807, 2.05) is 31.3 Å². The highest BCUT2D eigenvalue weighted by atomic mass is 32.1. The van der Waals surface area contributed by atoms with E-state index in [0.717, 1.165) is 43.4 Å². The largest absolute Gasteiger partial charge is 0.297 e. The van der Waals surface area contributed by atoms with Gasteiger partial charge in [0.25, 0.3) is 0 Å². The van der Waals surface area contributed by atoms with E-state index < -0.39 is 0 Å². The lowest BCUT2D eigenvalue weighted by Crippen LogP contribution is -2.43. The fourth-order valence-electron chi connectivity index (χ4n) is 3.30. The van der Waals surface area contributed by atoms with E-state index in [1.54, 1.807) is 5.01 Å². The molecule has 0 aromatic rings. The molecule has 0 unspecified atom stereocenters. The van der Waals surface area contributed by atoms with Crippen LogP contribution in [-0.2, 0) is 0 Å². The van der Waals surface area contributed by atoms with Crippen LogP contribution in [0, 0.1) is 5.41 Å². The standard InChI is InChI=1S/C24H33N5S/c1-6-13-22(20-14-9-7-10-15-20)28(4)26-18(2)23(25)19(3)27-29(5)24(30)21-16-11-8-12-17-21/h7-9,11,13-14,16,25-27H,2-3,6,10,12,15,17H2,1,4-5H3/b22-13-,25-23?. The smallest absolute Gasteiger partial charge is 0.123 e. The predicted molar refractivity (Wildman–Crippen MR) is 132 cm³/mol. The lowest BCUT2D eigenvalue weighted by atomic mass is 10.0. The Bertz CT molecular complexity index is 857. The van der Waals surface area contributed by atoms with Gasteiger partial charge in [0, 0.05) is 14.1 Å². The Balaban J connectivity index is 1.96. The second kappa shape index (κ2) is 11.4. The number of likely N-dealkylation sites (N-methyl/N-ethyl adjacent to an activating group) is 2. The molecule has 0 saturated carbocycles. The first kappa shape index (κ1) is 23.4. The Morgan fingerprint density at radius 3 is 2.07 bits per heavy atom. The van der Waals surface area contributed by atoms with E-state index in [2.05, 4.69) is 61.3 Å². The molecule has 0 atom stereocenters. The van der Waals surface area contributed by atoms with Crippen LogP contribution < -0.4 is 10.9 Å². The van der Waals surface area contributed by atoms with Crippen molar-refractivity contribution in [2.45, 2.75) is 39.0 Å². The molecule has 30 heavy (non-hydrogen) atoms. The van der Waals surface area contributed by atoms with Crippen molar-refractivity contribution < 1.29 is 0 Å². The summed E-state index contributed by atoms with van der Waals surface area (Å²) in [5.41, 5.74) is 10.9. The van der Waals surface area contributed by atoms with E-state index in [9.17, 15) is 0 Å². The van der Waals surface area contributed by atoms with Gasteiger partial charge in [-0.2, -0.15) is 0 Å². The average molecular weight is 424 g/mol. The van der Waals surface area contributed by atoms with Crippen LogP contribution in [0.25, 0.3) is 0 Å². The monoisotopic (exact) mass is 423 g/mol. The van der Waals surface area contributed by atoms with Crippen LogP contribution in [0.3, 0.4) is 0 Å². The summed E-state index contributed by atoms with van der Waals surface area (Å²) in [5.74, 6) is 0. The van der Waals surface area contributed by atoms with Gasteiger partial charge in [-0.1, -0.05) is 74.8 Å². The molecule has 0 aromatic heterocycles. The molecule has 0 aromatic carbocycles. The highest BCUT2D eigenvalue weighted by molar-refractivity contribution is 7.80. The third-order valence-corrected chi connectivity index (χ3v) is 5.44. The van der Waals surface area contributed by atoms with Gasteiger partial charge in [0.05, 0.1) is 17.1 Å². The van der Waals surface area contributed by atoms with Crippen molar-refractivity contribution in [1.29, 1.82) is 5.41 Å². The number of nitrogens with zero attached hydrogens (tertiary/aromatic N) is 2. The number of nitrogens with one attached hydrogen (secondary N) is 3. The minimum absolute atomic E-state index is 0.197. The van der Waals surface area contributed by atoms with E-state index >= 15 is 0 Å². The molecule has 160 valence electrons. The fourth-order valence-corrected chi connectivity index (χ4v) is 3.51. The van der Waals surface area contributed by atoms with Crippen LogP contribution in [0.5, 0.6) is 0 Å². The zero-order valence-corrected chi connectivity index (χ0v) is 19.1. The Morgan fingerprint density at radius 1 is 1.03 bits per heavy atom. The fraction of sp³-hybridized carbons (Fsp3) is 0.333. The first-order valence-corrected chi connectivity index (χ1v) is 10.7. The first-order chi connectivity index (χ1) is 14.3. The molecular weight excluding hydrogens is 390 g/mol. The van der Waals surface area contributed by atoms with Crippen LogP contribution in [-0.4, -0.2) is 34.8 Å². The predicted octanol–water partition coefficient (Wildman–Crippen LogP) is 5.08. The van der Waals surface area contributed by atoms with E-state index in [0.29, 0.717) is 16.4 Å². The van der Waals surface area contributed by atoms with Crippen molar-refractivity contribution in [3.8, 4) is 0 Å². The molecule has 0 saturated heterocycles. The molecule has 2 rings (SSSR count). The summed E-state index contributed by atoms with van der Waals surface area (Å²) in [6.07, 6.45) is 19.6. The van der Waals surface area contributed by atoms with Crippen molar-refractivity contribution in [3.05, 3.63) is 83.9 Å². The topological polar surface area (TPSA) is 54.4 Å². The van der Waals surface area contributed by atoms with Crippen LogP contribution in [0.1, 0.15) is 39.0 Å². The van der Waals surface area contributed by atoms with Crippen molar-refractivity contribution in [2.24, 2.45) is 0 Å². The minimum Gasteiger partial charge on any atom is -0.297 e. The normalized spacial score (nSPS) is 15.6. The van der Waals surface area contributed by atoms with E-state index in [4.69, 9.17) is 17.6 Å².